The third-order valence-corrected chi connectivity index (χ3v) is 2.11. The number of nitrogens with two attached hydrogens (primary N) is 1. The van der Waals surface area contributed by atoms with Crippen LogP contribution in [0.2, 0.25) is 0 Å². The van der Waals surface area contributed by atoms with Gasteiger partial charge in [-0.3, -0.25) is 4.79 Å². The predicted octanol–water partition coefficient (Wildman–Crippen LogP) is 2.17. The van der Waals surface area contributed by atoms with Gasteiger partial charge in [0, 0.05) is 12.1 Å². The average Bonchev–Trinajstić information content (AvgIpc) is 2.15. The maximum absolute atomic E-state index is 11.1. The lowest BCUT2D eigenvalue weighted by molar-refractivity contribution is 0.101. The highest BCUT2D eigenvalue weighted by molar-refractivity contribution is 5.94. The molecule has 74 valence electrons. The van der Waals surface area contributed by atoms with Crippen LogP contribution >= 0.6 is 0 Å². The molecule has 0 fully saturated rings. The summed E-state index contributed by atoms with van der Waals surface area (Å²) in [6.45, 7) is 4.10. The molecular formula is C12H15NO. The maximum atomic E-state index is 11.1. The van der Waals surface area contributed by atoms with E-state index >= 15 is 0 Å². The minimum atomic E-state index is 0.0995. The Morgan fingerprint density at radius 3 is 2.71 bits per heavy atom. The third kappa shape index (κ3) is 2.54. The van der Waals surface area contributed by atoms with Crippen LogP contribution in [0.4, 0.5) is 0 Å². The second kappa shape index (κ2) is 4.72. The molecule has 14 heavy (non-hydrogen) atoms. The van der Waals surface area contributed by atoms with Crippen LogP contribution in [0.1, 0.15) is 28.4 Å². The first-order chi connectivity index (χ1) is 6.65. The van der Waals surface area contributed by atoms with Crippen molar-refractivity contribution in [2.75, 3.05) is 6.54 Å². The van der Waals surface area contributed by atoms with E-state index in [0.29, 0.717) is 6.54 Å². The Kier molecular flexibility index (Phi) is 3.60. The van der Waals surface area contributed by atoms with Crippen molar-refractivity contribution >= 4 is 11.9 Å². The van der Waals surface area contributed by atoms with Gasteiger partial charge in [0.25, 0.3) is 0 Å². The first kappa shape index (κ1) is 10.7. The molecule has 0 unspecified atom stereocenters. The van der Waals surface area contributed by atoms with Crippen molar-refractivity contribution in [3.05, 3.63) is 41.0 Å². The SMILES string of the molecule is CC(=O)c1ccc(C=CCN)c(C)c1. The van der Waals surface area contributed by atoms with Gasteiger partial charge in [-0.05, 0) is 31.0 Å². The van der Waals surface area contributed by atoms with Crippen molar-refractivity contribution in [2.24, 2.45) is 5.73 Å². The first-order valence-corrected chi connectivity index (χ1v) is 4.63. The molecule has 0 saturated carbocycles. The molecule has 1 aromatic carbocycles. The van der Waals surface area contributed by atoms with Crippen LogP contribution in [0.25, 0.3) is 6.08 Å². The highest BCUT2D eigenvalue weighted by Gasteiger charge is 2.00. The molecule has 0 amide bonds. The van der Waals surface area contributed by atoms with Crippen molar-refractivity contribution in [3.63, 3.8) is 0 Å². The van der Waals surface area contributed by atoms with Crippen LogP contribution in [-0.2, 0) is 0 Å². The summed E-state index contributed by atoms with van der Waals surface area (Å²) >= 11 is 0. The number of hydrogen-bond acceptors (Lipinski definition) is 2. The fourth-order valence-corrected chi connectivity index (χ4v) is 1.28. The van der Waals surface area contributed by atoms with Crippen molar-refractivity contribution < 1.29 is 4.79 Å². The van der Waals surface area contributed by atoms with Crippen LogP contribution in [-0.4, -0.2) is 12.3 Å². The molecular weight excluding hydrogens is 174 g/mol. The fourth-order valence-electron chi connectivity index (χ4n) is 1.28. The molecule has 1 rings (SSSR count). The summed E-state index contributed by atoms with van der Waals surface area (Å²) in [7, 11) is 0. The normalized spacial score (nSPS) is 10.8. The molecule has 2 nitrogen and oxygen atoms in total. The zero-order valence-electron chi connectivity index (χ0n) is 8.58. The Balaban J connectivity index is 3.01. The summed E-state index contributed by atoms with van der Waals surface area (Å²) in [6, 6.07) is 5.68. The van der Waals surface area contributed by atoms with E-state index < -0.39 is 0 Å². The van der Waals surface area contributed by atoms with E-state index in [-0.39, 0.29) is 5.78 Å². The quantitative estimate of drug-likeness (QED) is 0.740. The summed E-state index contributed by atoms with van der Waals surface area (Å²) in [5.41, 5.74) is 8.33. The highest BCUT2D eigenvalue weighted by Crippen LogP contribution is 2.13. The molecule has 0 aliphatic carbocycles. The molecule has 0 spiro atoms. The number of carbonyl (C=O) groups excluding carboxylic acids is 1. The van der Waals surface area contributed by atoms with E-state index in [2.05, 4.69) is 0 Å². The number of aryl methyl sites for hydroxylation is 1. The molecule has 2 N–H and O–H groups in total. The Morgan fingerprint density at radius 2 is 2.21 bits per heavy atom. The largest absolute Gasteiger partial charge is 0.327 e. The lowest BCUT2D eigenvalue weighted by Gasteiger charge is -2.02. The van der Waals surface area contributed by atoms with Crippen LogP contribution in [0.15, 0.2) is 24.3 Å². The van der Waals surface area contributed by atoms with Crippen LogP contribution in [0, 0.1) is 6.92 Å². The zero-order chi connectivity index (χ0) is 10.6. The smallest absolute Gasteiger partial charge is 0.159 e. The lowest BCUT2D eigenvalue weighted by atomic mass is 10.0. The fraction of sp³-hybridized carbons (Fsp3) is 0.250. The number of carbonyl (C=O) groups is 1. The zero-order valence-corrected chi connectivity index (χ0v) is 8.58. The molecule has 1 aromatic rings. The Morgan fingerprint density at radius 1 is 1.50 bits per heavy atom. The van der Waals surface area contributed by atoms with Gasteiger partial charge in [0.15, 0.2) is 5.78 Å². The number of benzene rings is 1. The monoisotopic (exact) mass is 189 g/mol. The van der Waals surface area contributed by atoms with Gasteiger partial charge in [0.05, 0.1) is 0 Å². The number of rotatable bonds is 3. The van der Waals surface area contributed by atoms with Gasteiger partial charge in [-0.1, -0.05) is 24.3 Å². The third-order valence-electron chi connectivity index (χ3n) is 2.11. The highest BCUT2D eigenvalue weighted by atomic mass is 16.1. The van der Waals surface area contributed by atoms with Gasteiger partial charge >= 0.3 is 0 Å². The van der Waals surface area contributed by atoms with E-state index in [1.165, 1.54) is 0 Å². The summed E-state index contributed by atoms with van der Waals surface area (Å²) < 4.78 is 0. The molecule has 0 aliphatic heterocycles. The molecule has 0 radical (unpaired) electrons. The molecule has 0 aliphatic rings. The van der Waals surface area contributed by atoms with Gasteiger partial charge in [-0.2, -0.15) is 0 Å². The maximum Gasteiger partial charge on any atom is 0.159 e. The molecule has 2 heteroatoms. The van der Waals surface area contributed by atoms with E-state index in [9.17, 15) is 4.79 Å². The average molecular weight is 189 g/mol. The van der Waals surface area contributed by atoms with Crippen LogP contribution in [0.5, 0.6) is 0 Å². The van der Waals surface area contributed by atoms with E-state index in [4.69, 9.17) is 5.73 Å². The Hall–Kier alpha value is -1.41. The van der Waals surface area contributed by atoms with Gasteiger partial charge < -0.3 is 5.73 Å². The second-order valence-electron chi connectivity index (χ2n) is 3.27. The summed E-state index contributed by atoms with van der Waals surface area (Å²) in [4.78, 5) is 11.1. The summed E-state index contributed by atoms with van der Waals surface area (Å²) in [6.07, 6.45) is 3.87. The van der Waals surface area contributed by atoms with Crippen molar-refractivity contribution in [1.82, 2.24) is 0 Å². The van der Waals surface area contributed by atoms with Crippen molar-refractivity contribution in [3.8, 4) is 0 Å². The minimum Gasteiger partial charge on any atom is -0.327 e. The Bertz CT molecular complexity index is 367. The van der Waals surface area contributed by atoms with E-state index in [1.54, 1.807) is 6.92 Å². The first-order valence-electron chi connectivity index (χ1n) is 4.63. The predicted molar refractivity (Wildman–Crippen MR) is 59.3 cm³/mol. The molecule has 0 aromatic heterocycles. The van der Waals surface area contributed by atoms with Crippen molar-refractivity contribution in [1.29, 1.82) is 0 Å². The molecule has 0 saturated heterocycles. The second-order valence-corrected chi connectivity index (χ2v) is 3.27. The lowest BCUT2D eigenvalue weighted by Crippen LogP contribution is -1.95. The van der Waals surface area contributed by atoms with Crippen LogP contribution < -0.4 is 5.73 Å². The van der Waals surface area contributed by atoms with E-state index in [0.717, 1.165) is 16.7 Å². The van der Waals surface area contributed by atoms with Gasteiger partial charge in [0.1, 0.15) is 0 Å². The number of hydrogen-bond donors (Lipinski definition) is 1. The number of ketones is 1. The Labute approximate surface area is 84.4 Å². The summed E-state index contributed by atoms with van der Waals surface area (Å²) in [5, 5.41) is 0. The molecule has 0 atom stereocenters. The standard InChI is InChI=1S/C12H15NO/c1-9-8-12(10(2)14)6-5-11(9)4-3-7-13/h3-6,8H,7,13H2,1-2H3. The van der Waals surface area contributed by atoms with Gasteiger partial charge in [-0.25, -0.2) is 0 Å². The number of Topliss-reactive ketones (excluding diaryl/α,β-unsaturated/α-hetero) is 1. The van der Waals surface area contributed by atoms with Gasteiger partial charge in [-0.15, -0.1) is 0 Å². The van der Waals surface area contributed by atoms with Crippen LogP contribution in [0.3, 0.4) is 0 Å². The van der Waals surface area contributed by atoms with Crippen molar-refractivity contribution in [2.45, 2.75) is 13.8 Å². The molecule has 0 heterocycles. The minimum absolute atomic E-state index is 0.0995. The summed E-state index contributed by atoms with van der Waals surface area (Å²) in [5.74, 6) is 0.0995. The van der Waals surface area contributed by atoms with E-state index in [1.807, 2.05) is 37.3 Å². The topological polar surface area (TPSA) is 43.1 Å². The molecule has 0 bridgehead atoms. The van der Waals surface area contributed by atoms with Gasteiger partial charge in [0.2, 0.25) is 0 Å².